The summed E-state index contributed by atoms with van der Waals surface area (Å²) in [6.45, 7) is 4.53. The lowest BCUT2D eigenvalue weighted by atomic mass is 10.00. The van der Waals surface area contributed by atoms with Gasteiger partial charge in [-0.3, -0.25) is 9.59 Å². The minimum absolute atomic E-state index is 0.124. The summed E-state index contributed by atoms with van der Waals surface area (Å²) in [5, 5.41) is 0. The Morgan fingerprint density at radius 1 is 1.09 bits per heavy atom. The molecule has 2 saturated heterocycles. The van der Waals surface area contributed by atoms with Crippen molar-refractivity contribution in [3.63, 3.8) is 0 Å². The molecule has 2 unspecified atom stereocenters. The monoisotopic (exact) mass is 318 g/mol. The molecule has 1 aromatic rings. The van der Waals surface area contributed by atoms with Gasteiger partial charge >= 0.3 is 0 Å². The van der Waals surface area contributed by atoms with Crippen molar-refractivity contribution in [3.05, 3.63) is 24.2 Å². The van der Waals surface area contributed by atoms with Gasteiger partial charge in [0.25, 0.3) is 5.91 Å². The van der Waals surface area contributed by atoms with Crippen LogP contribution in [-0.2, 0) is 4.79 Å². The van der Waals surface area contributed by atoms with E-state index >= 15 is 0 Å². The van der Waals surface area contributed by atoms with Gasteiger partial charge in [0.05, 0.1) is 6.26 Å². The van der Waals surface area contributed by atoms with Gasteiger partial charge in [-0.2, -0.15) is 0 Å². The molecule has 2 atom stereocenters. The van der Waals surface area contributed by atoms with E-state index in [1.54, 1.807) is 17.0 Å². The molecular formula is C18H26N2O3. The predicted octanol–water partition coefficient (Wildman–Crippen LogP) is 2.92. The van der Waals surface area contributed by atoms with Crippen LogP contribution in [0.4, 0.5) is 0 Å². The highest BCUT2D eigenvalue weighted by atomic mass is 16.3. The summed E-state index contributed by atoms with van der Waals surface area (Å²) < 4.78 is 5.24. The summed E-state index contributed by atoms with van der Waals surface area (Å²) in [6.07, 6.45) is 7.53. The fourth-order valence-corrected chi connectivity index (χ4v) is 3.67. The molecule has 2 fully saturated rings. The van der Waals surface area contributed by atoms with Crippen LogP contribution in [0.15, 0.2) is 22.8 Å². The molecule has 0 radical (unpaired) electrons. The number of carbonyl (C=O) groups is 2. The van der Waals surface area contributed by atoms with Gasteiger partial charge in [0.15, 0.2) is 5.76 Å². The molecule has 3 heterocycles. The molecular weight excluding hydrogens is 292 g/mol. The summed E-state index contributed by atoms with van der Waals surface area (Å²) in [5.41, 5.74) is 0. The average molecular weight is 318 g/mol. The Morgan fingerprint density at radius 2 is 1.96 bits per heavy atom. The number of hydrogen-bond donors (Lipinski definition) is 0. The highest BCUT2D eigenvalue weighted by molar-refractivity contribution is 5.95. The molecule has 0 aliphatic carbocycles. The first kappa shape index (κ1) is 16.1. The number of likely N-dealkylation sites (tertiary alicyclic amines) is 2. The molecule has 0 aromatic carbocycles. The van der Waals surface area contributed by atoms with E-state index in [1.165, 1.54) is 12.7 Å². The maximum atomic E-state index is 13.0. The van der Waals surface area contributed by atoms with Gasteiger partial charge in [-0.05, 0) is 56.6 Å². The fraction of sp³-hybridized carbons (Fsp3) is 0.667. The Balaban J connectivity index is 1.72. The van der Waals surface area contributed by atoms with Crippen molar-refractivity contribution in [1.29, 1.82) is 0 Å². The highest BCUT2D eigenvalue weighted by Crippen LogP contribution is 2.24. The first-order valence-corrected chi connectivity index (χ1v) is 8.80. The summed E-state index contributed by atoms with van der Waals surface area (Å²) >= 11 is 0. The lowest BCUT2D eigenvalue weighted by molar-refractivity contribution is -0.137. The summed E-state index contributed by atoms with van der Waals surface area (Å²) in [4.78, 5) is 29.3. The molecule has 0 bridgehead atoms. The van der Waals surface area contributed by atoms with Crippen LogP contribution in [0.5, 0.6) is 0 Å². The largest absolute Gasteiger partial charge is 0.459 e. The maximum Gasteiger partial charge on any atom is 0.290 e. The predicted molar refractivity (Wildman–Crippen MR) is 87.0 cm³/mol. The standard InChI is InChI=1S/C18H26N2O3/c1-14-6-4-10-19(12-9-14)17(21)15-7-2-3-11-20(15)18(22)16-8-5-13-23-16/h5,8,13-15H,2-4,6-7,9-12H2,1H3. The number of carbonyl (C=O) groups excluding carboxylic acids is 2. The third-order valence-corrected chi connectivity index (χ3v) is 5.11. The molecule has 0 saturated carbocycles. The van der Waals surface area contributed by atoms with Crippen LogP contribution in [0.1, 0.15) is 56.0 Å². The van der Waals surface area contributed by atoms with Crippen molar-refractivity contribution in [2.75, 3.05) is 19.6 Å². The number of amides is 2. The Hall–Kier alpha value is -1.78. The smallest absolute Gasteiger partial charge is 0.290 e. The minimum Gasteiger partial charge on any atom is -0.459 e. The lowest BCUT2D eigenvalue weighted by Gasteiger charge is -2.37. The van der Waals surface area contributed by atoms with Gasteiger partial charge in [0.2, 0.25) is 5.91 Å². The van der Waals surface area contributed by atoms with E-state index in [9.17, 15) is 9.59 Å². The van der Waals surface area contributed by atoms with Crippen LogP contribution >= 0.6 is 0 Å². The van der Waals surface area contributed by atoms with E-state index in [0.717, 1.165) is 45.2 Å². The van der Waals surface area contributed by atoms with Gasteiger partial charge in [0, 0.05) is 19.6 Å². The Labute approximate surface area is 137 Å². The SMILES string of the molecule is CC1CCCN(C(=O)C2CCCCN2C(=O)c2ccco2)CC1. The number of furan rings is 1. The number of nitrogens with zero attached hydrogens (tertiary/aromatic N) is 2. The Kier molecular flexibility index (Phi) is 5.03. The molecule has 0 N–H and O–H groups in total. The van der Waals surface area contributed by atoms with Crippen LogP contribution < -0.4 is 0 Å². The topological polar surface area (TPSA) is 53.8 Å². The maximum absolute atomic E-state index is 13.0. The summed E-state index contributed by atoms with van der Waals surface area (Å²) in [6, 6.07) is 3.06. The molecule has 2 amide bonds. The van der Waals surface area contributed by atoms with Gasteiger partial charge < -0.3 is 14.2 Å². The molecule has 1 aromatic heterocycles. The van der Waals surface area contributed by atoms with Crippen molar-refractivity contribution in [1.82, 2.24) is 9.80 Å². The van der Waals surface area contributed by atoms with Gasteiger partial charge in [-0.15, -0.1) is 0 Å². The summed E-state index contributed by atoms with van der Waals surface area (Å²) in [5.74, 6) is 0.976. The van der Waals surface area contributed by atoms with Crippen molar-refractivity contribution in [3.8, 4) is 0 Å². The Morgan fingerprint density at radius 3 is 2.74 bits per heavy atom. The van der Waals surface area contributed by atoms with Crippen LogP contribution in [0.2, 0.25) is 0 Å². The van der Waals surface area contributed by atoms with Crippen molar-refractivity contribution in [2.45, 2.75) is 51.5 Å². The second-order valence-corrected chi connectivity index (χ2v) is 6.85. The van der Waals surface area contributed by atoms with Crippen molar-refractivity contribution >= 4 is 11.8 Å². The second kappa shape index (κ2) is 7.20. The van der Waals surface area contributed by atoms with Crippen molar-refractivity contribution in [2.24, 2.45) is 5.92 Å². The molecule has 3 rings (SSSR count). The molecule has 2 aliphatic heterocycles. The Bertz CT molecular complexity index is 540. The third-order valence-electron chi connectivity index (χ3n) is 5.11. The van der Waals surface area contributed by atoms with Gasteiger partial charge in [-0.1, -0.05) is 6.92 Å². The van der Waals surface area contributed by atoms with Crippen LogP contribution in [-0.4, -0.2) is 47.3 Å². The lowest BCUT2D eigenvalue weighted by Crippen LogP contribution is -2.53. The molecule has 126 valence electrons. The molecule has 2 aliphatic rings. The van der Waals surface area contributed by atoms with Crippen LogP contribution in [0, 0.1) is 5.92 Å². The third kappa shape index (κ3) is 3.59. The zero-order valence-electron chi connectivity index (χ0n) is 13.9. The van der Waals surface area contributed by atoms with Crippen LogP contribution in [0.3, 0.4) is 0 Å². The van der Waals surface area contributed by atoms with E-state index in [1.807, 2.05) is 4.90 Å². The zero-order chi connectivity index (χ0) is 16.2. The molecule has 0 spiro atoms. The highest BCUT2D eigenvalue weighted by Gasteiger charge is 2.36. The van der Waals surface area contributed by atoms with Crippen molar-refractivity contribution < 1.29 is 14.0 Å². The quantitative estimate of drug-likeness (QED) is 0.842. The van der Waals surface area contributed by atoms with E-state index < -0.39 is 0 Å². The van der Waals surface area contributed by atoms with Gasteiger partial charge in [-0.25, -0.2) is 0 Å². The normalized spacial score (nSPS) is 26.0. The number of piperidine rings is 1. The molecule has 5 heteroatoms. The molecule has 5 nitrogen and oxygen atoms in total. The molecule has 23 heavy (non-hydrogen) atoms. The average Bonchev–Trinajstić information content (AvgIpc) is 3.03. The first-order chi connectivity index (χ1) is 11.2. The second-order valence-electron chi connectivity index (χ2n) is 6.85. The fourth-order valence-electron chi connectivity index (χ4n) is 3.67. The van der Waals surface area contributed by atoms with E-state index in [2.05, 4.69) is 6.92 Å². The van der Waals surface area contributed by atoms with E-state index in [4.69, 9.17) is 4.42 Å². The number of rotatable bonds is 2. The summed E-state index contributed by atoms with van der Waals surface area (Å²) in [7, 11) is 0. The zero-order valence-corrected chi connectivity index (χ0v) is 13.9. The van der Waals surface area contributed by atoms with Gasteiger partial charge in [0.1, 0.15) is 6.04 Å². The number of hydrogen-bond acceptors (Lipinski definition) is 3. The van der Waals surface area contributed by atoms with E-state index in [-0.39, 0.29) is 17.9 Å². The first-order valence-electron chi connectivity index (χ1n) is 8.80. The van der Waals surface area contributed by atoms with E-state index in [0.29, 0.717) is 18.2 Å². The minimum atomic E-state index is -0.324. The van der Waals surface area contributed by atoms with Crippen LogP contribution in [0.25, 0.3) is 0 Å².